The standard InChI is InChI=1S/C15H14IN5OS/c1-20-13(18-19-15(20)23)9-17-14(22)12-6-3-7-21(12)11-5-2-4-10(16)8-11/h2-8H,9H2,1H3,(H,17,22)(H,19,23). The molecule has 0 bridgehead atoms. The first kappa shape index (κ1) is 15.9. The molecule has 2 N–H and O–H groups in total. The molecule has 0 radical (unpaired) electrons. The molecule has 8 heteroatoms. The van der Waals surface area contributed by atoms with Crippen molar-refractivity contribution in [1.29, 1.82) is 0 Å². The summed E-state index contributed by atoms with van der Waals surface area (Å²) in [5.41, 5.74) is 1.52. The van der Waals surface area contributed by atoms with Crippen molar-refractivity contribution in [3.05, 3.63) is 62.5 Å². The molecule has 0 aliphatic carbocycles. The normalized spacial score (nSPS) is 10.7. The summed E-state index contributed by atoms with van der Waals surface area (Å²) >= 11 is 7.31. The van der Waals surface area contributed by atoms with Crippen molar-refractivity contribution >= 4 is 40.7 Å². The van der Waals surface area contributed by atoms with Crippen LogP contribution < -0.4 is 5.32 Å². The number of benzene rings is 1. The zero-order chi connectivity index (χ0) is 16.4. The van der Waals surface area contributed by atoms with Crippen molar-refractivity contribution < 1.29 is 4.79 Å². The van der Waals surface area contributed by atoms with Gasteiger partial charge in [0.2, 0.25) is 0 Å². The Kier molecular flexibility index (Phi) is 4.62. The number of aromatic nitrogens is 4. The average molecular weight is 439 g/mol. The third-order valence-electron chi connectivity index (χ3n) is 3.45. The van der Waals surface area contributed by atoms with Crippen molar-refractivity contribution in [2.45, 2.75) is 6.54 Å². The van der Waals surface area contributed by atoms with E-state index < -0.39 is 0 Å². The van der Waals surface area contributed by atoms with Crippen LogP contribution in [-0.4, -0.2) is 25.2 Å². The lowest BCUT2D eigenvalue weighted by Gasteiger charge is -2.10. The minimum Gasteiger partial charge on any atom is -0.343 e. The molecule has 0 saturated carbocycles. The molecule has 1 aromatic carbocycles. The van der Waals surface area contributed by atoms with Crippen LogP contribution in [0.15, 0.2) is 42.6 Å². The summed E-state index contributed by atoms with van der Waals surface area (Å²) in [4.78, 5) is 12.5. The van der Waals surface area contributed by atoms with Gasteiger partial charge in [-0.15, -0.1) is 0 Å². The van der Waals surface area contributed by atoms with E-state index in [2.05, 4.69) is 38.1 Å². The highest BCUT2D eigenvalue weighted by Crippen LogP contribution is 2.15. The molecule has 0 aliphatic rings. The number of hydrogen-bond donors (Lipinski definition) is 2. The maximum absolute atomic E-state index is 12.5. The lowest BCUT2D eigenvalue weighted by atomic mass is 10.3. The first-order valence-electron chi connectivity index (χ1n) is 6.88. The van der Waals surface area contributed by atoms with Gasteiger partial charge in [-0.1, -0.05) is 6.07 Å². The van der Waals surface area contributed by atoms with E-state index in [1.165, 1.54) is 0 Å². The minimum atomic E-state index is -0.164. The highest BCUT2D eigenvalue weighted by atomic mass is 127. The Labute approximate surface area is 151 Å². The van der Waals surface area contributed by atoms with E-state index in [1.807, 2.05) is 48.1 Å². The Balaban J connectivity index is 1.80. The Bertz CT molecular complexity index is 910. The van der Waals surface area contributed by atoms with Crippen LogP contribution >= 0.6 is 34.8 Å². The number of nitrogens with one attached hydrogen (secondary N) is 2. The summed E-state index contributed by atoms with van der Waals surface area (Å²) in [7, 11) is 1.81. The maximum atomic E-state index is 12.5. The number of hydrogen-bond acceptors (Lipinski definition) is 3. The number of H-pyrrole nitrogens is 1. The van der Waals surface area contributed by atoms with Crippen LogP contribution in [0.5, 0.6) is 0 Å². The predicted octanol–water partition coefficient (Wildman–Crippen LogP) is 2.80. The second-order valence-electron chi connectivity index (χ2n) is 4.93. The summed E-state index contributed by atoms with van der Waals surface area (Å²) in [6.07, 6.45) is 1.87. The number of aromatic amines is 1. The second-order valence-corrected chi connectivity index (χ2v) is 6.56. The molecule has 0 atom stereocenters. The van der Waals surface area contributed by atoms with Gasteiger partial charge in [-0.25, -0.2) is 0 Å². The van der Waals surface area contributed by atoms with Crippen molar-refractivity contribution in [3.8, 4) is 5.69 Å². The number of carbonyl (C=O) groups is 1. The first-order valence-corrected chi connectivity index (χ1v) is 8.37. The highest BCUT2D eigenvalue weighted by Gasteiger charge is 2.13. The molecule has 2 heterocycles. The molecule has 3 rings (SSSR count). The number of nitrogens with zero attached hydrogens (tertiary/aromatic N) is 3. The van der Waals surface area contributed by atoms with Gasteiger partial charge in [0.05, 0.1) is 6.54 Å². The Hall–Kier alpha value is -1.94. The number of amides is 1. The number of rotatable bonds is 4. The van der Waals surface area contributed by atoms with E-state index >= 15 is 0 Å². The summed E-state index contributed by atoms with van der Waals surface area (Å²) in [6.45, 7) is 0.306. The molecule has 2 aromatic heterocycles. The van der Waals surface area contributed by atoms with Crippen LogP contribution in [-0.2, 0) is 13.6 Å². The Morgan fingerprint density at radius 3 is 2.91 bits per heavy atom. The van der Waals surface area contributed by atoms with Gasteiger partial charge < -0.3 is 14.5 Å². The fourth-order valence-corrected chi connectivity index (χ4v) is 2.88. The molecule has 118 valence electrons. The molecule has 3 aromatic rings. The first-order chi connectivity index (χ1) is 11.1. The molecule has 23 heavy (non-hydrogen) atoms. The van der Waals surface area contributed by atoms with Crippen molar-refractivity contribution in [1.82, 2.24) is 24.6 Å². The van der Waals surface area contributed by atoms with Gasteiger partial charge in [0.1, 0.15) is 5.69 Å². The van der Waals surface area contributed by atoms with Crippen molar-refractivity contribution in [3.63, 3.8) is 0 Å². The second kappa shape index (κ2) is 6.67. The van der Waals surface area contributed by atoms with Crippen LogP contribution in [0.4, 0.5) is 0 Å². The van der Waals surface area contributed by atoms with E-state index in [9.17, 15) is 4.79 Å². The monoisotopic (exact) mass is 439 g/mol. The zero-order valence-corrected chi connectivity index (χ0v) is 15.3. The largest absolute Gasteiger partial charge is 0.343 e. The fourth-order valence-electron chi connectivity index (χ4n) is 2.20. The van der Waals surface area contributed by atoms with E-state index in [0.29, 0.717) is 22.8 Å². The van der Waals surface area contributed by atoms with Crippen LogP contribution in [0, 0.1) is 8.34 Å². The van der Waals surface area contributed by atoms with Crippen LogP contribution in [0.1, 0.15) is 16.3 Å². The van der Waals surface area contributed by atoms with Crippen LogP contribution in [0.3, 0.4) is 0 Å². The lowest BCUT2D eigenvalue weighted by Crippen LogP contribution is -2.26. The highest BCUT2D eigenvalue weighted by molar-refractivity contribution is 14.1. The smallest absolute Gasteiger partial charge is 0.268 e. The third-order valence-corrected chi connectivity index (χ3v) is 4.48. The molecule has 0 saturated heterocycles. The van der Waals surface area contributed by atoms with E-state index in [-0.39, 0.29) is 5.91 Å². The lowest BCUT2D eigenvalue weighted by molar-refractivity contribution is 0.0943. The van der Waals surface area contributed by atoms with Crippen LogP contribution in [0.2, 0.25) is 0 Å². The number of halogens is 1. The van der Waals surface area contributed by atoms with Gasteiger partial charge in [-0.3, -0.25) is 9.89 Å². The topological polar surface area (TPSA) is 67.6 Å². The minimum absolute atomic E-state index is 0.164. The molecule has 0 unspecified atom stereocenters. The Morgan fingerprint density at radius 1 is 1.39 bits per heavy atom. The van der Waals surface area contributed by atoms with Gasteiger partial charge in [-0.2, -0.15) is 5.10 Å². The van der Waals surface area contributed by atoms with Gasteiger partial charge in [0, 0.05) is 22.5 Å². The third kappa shape index (κ3) is 3.37. The van der Waals surface area contributed by atoms with E-state index in [4.69, 9.17) is 12.2 Å². The van der Waals surface area contributed by atoms with Crippen molar-refractivity contribution in [2.75, 3.05) is 0 Å². The molecule has 0 fully saturated rings. The average Bonchev–Trinajstić information content (AvgIpc) is 3.14. The zero-order valence-electron chi connectivity index (χ0n) is 12.3. The SMILES string of the molecule is Cn1c(CNC(=O)c2cccn2-c2cccc(I)c2)n[nH]c1=S. The van der Waals surface area contributed by atoms with Gasteiger partial charge in [0.15, 0.2) is 10.6 Å². The van der Waals surface area contributed by atoms with Crippen LogP contribution in [0.25, 0.3) is 5.69 Å². The van der Waals surface area contributed by atoms with E-state index in [1.54, 1.807) is 10.6 Å². The number of carbonyl (C=O) groups excluding carboxylic acids is 1. The predicted molar refractivity (Wildman–Crippen MR) is 98.0 cm³/mol. The van der Waals surface area contributed by atoms with E-state index in [0.717, 1.165) is 9.26 Å². The quantitative estimate of drug-likeness (QED) is 0.486. The fraction of sp³-hybridized carbons (Fsp3) is 0.133. The summed E-state index contributed by atoms with van der Waals surface area (Å²) in [5, 5.41) is 9.65. The molecular formula is C15H14IN5OS. The Morgan fingerprint density at radius 2 is 2.22 bits per heavy atom. The summed E-state index contributed by atoms with van der Waals surface area (Å²) in [6, 6.07) is 11.6. The van der Waals surface area contributed by atoms with Crippen molar-refractivity contribution in [2.24, 2.45) is 7.05 Å². The van der Waals surface area contributed by atoms with Gasteiger partial charge in [0.25, 0.3) is 5.91 Å². The van der Waals surface area contributed by atoms with Gasteiger partial charge >= 0.3 is 0 Å². The molecule has 0 aliphatic heterocycles. The summed E-state index contributed by atoms with van der Waals surface area (Å²) in [5.74, 6) is 0.512. The molecule has 0 spiro atoms. The maximum Gasteiger partial charge on any atom is 0.268 e. The summed E-state index contributed by atoms with van der Waals surface area (Å²) < 4.78 is 5.23. The molecular weight excluding hydrogens is 425 g/mol. The molecule has 1 amide bonds. The van der Waals surface area contributed by atoms with Gasteiger partial charge in [-0.05, 0) is 65.1 Å². The molecule has 6 nitrogen and oxygen atoms in total.